The molecular weight excluding hydrogens is 358 g/mol. The molecule has 144 valence electrons. The lowest BCUT2D eigenvalue weighted by Crippen LogP contribution is -2.35. The highest BCUT2D eigenvalue weighted by Crippen LogP contribution is 2.24. The summed E-state index contributed by atoms with van der Waals surface area (Å²) in [5, 5.41) is 6.85. The second-order valence-electron chi connectivity index (χ2n) is 6.54. The summed E-state index contributed by atoms with van der Waals surface area (Å²) in [7, 11) is 0. The first-order valence-electron chi connectivity index (χ1n) is 9.28. The number of carbonyl (C=O) groups excluding carboxylic acids is 1. The summed E-state index contributed by atoms with van der Waals surface area (Å²) in [4.78, 5) is 16.3. The zero-order valence-corrected chi connectivity index (χ0v) is 15.3. The van der Waals surface area contributed by atoms with Crippen molar-refractivity contribution in [3.8, 4) is 28.6 Å². The standard InChI is InChI=1S/C21H21N3O4/c25-19(22-13-18-7-4-12-26-18)14-27-17-10-8-16(9-11-17)21-23-20(24-28-21)15-5-2-1-3-6-15/h1-3,5-6,8-11,18H,4,7,12-14H2,(H,22,25)/t18-/m1/s1. The Morgan fingerprint density at radius 3 is 2.68 bits per heavy atom. The molecule has 4 rings (SSSR count). The third-order valence-electron chi connectivity index (χ3n) is 4.48. The number of amides is 1. The Labute approximate surface area is 162 Å². The smallest absolute Gasteiger partial charge is 0.258 e. The molecule has 0 bridgehead atoms. The largest absolute Gasteiger partial charge is 0.484 e. The first-order chi connectivity index (χ1) is 13.8. The fourth-order valence-corrected chi connectivity index (χ4v) is 2.97. The van der Waals surface area contributed by atoms with Crippen LogP contribution in [0.4, 0.5) is 0 Å². The highest BCUT2D eigenvalue weighted by Gasteiger charge is 2.16. The molecule has 2 heterocycles. The molecule has 0 saturated carbocycles. The molecule has 0 radical (unpaired) electrons. The number of nitrogens with one attached hydrogen (secondary N) is 1. The van der Waals surface area contributed by atoms with Crippen LogP contribution >= 0.6 is 0 Å². The van der Waals surface area contributed by atoms with E-state index < -0.39 is 0 Å². The maximum atomic E-state index is 11.9. The fourth-order valence-electron chi connectivity index (χ4n) is 2.97. The van der Waals surface area contributed by atoms with E-state index in [1.54, 1.807) is 12.1 Å². The molecule has 1 fully saturated rings. The molecule has 0 unspecified atom stereocenters. The number of ether oxygens (including phenoxy) is 2. The minimum absolute atomic E-state index is 0.0369. The van der Waals surface area contributed by atoms with Crippen molar-refractivity contribution in [3.05, 3.63) is 54.6 Å². The van der Waals surface area contributed by atoms with Crippen molar-refractivity contribution >= 4 is 5.91 Å². The third-order valence-corrected chi connectivity index (χ3v) is 4.48. The summed E-state index contributed by atoms with van der Waals surface area (Å²) >= 11 is 0. The summed E-state index contributed by atoms with van der Waals surface area (Å²) in [6.07, 6.45) is 2.17. The topological polar surface area (TPSA) is 86.5 Å². The summed E-state index contributed by atoms with van der Waals surface area (Å²) in [6.45, 7) is 1.27. The van der Waals surface area contributed by atoms with Gasteiger partial charge in [0.25, 0.3) is 11.8 Å². The van der Waals surface area contributed by atoms with Gasteiger partial charge in [0.15, 0.2) is 6.61 Å². The minimum atomic E-state index is -0.163. The van der Waals surface area contributed by atoms with Crippen LogP contribution in [0.1, 0.15) is 12.8 Å². The van der Waals surface area contributed by atoms with Gasteiger partial charge in [0.2, 0.25) is 5.82 Å². The van der Waals surface area contributed by atoms with E-state index in [9.17, 15) is 4.79 Å². The van der Waals surface area contributed by atoms with Gasteiger partial charge in [-0.05, 0) is 37.1 Å². The predicted molar refractivity (Wildman–Crippen MR) is 103 cm³/mol. The average molecular weight is 379 g/mol. The lowest BCUT2D eigenvalue weighted by Gasteiger charge is -2.11. The maximum absolute atomic E-state index is 11.9. The molecule has 7 nitrogen and oxygen atoms in total. The Balaban J connectivity index is 1.30. The van der Waals surface area contributed by atoms with E-state index in [4.69, 9.17) is 14.0 Å². The van der Waals surface area contributed by atoms with Crippen LogP contribution in [-0.4, -0.2) is 41.9 Å². The monoisotopic (exact) mass is 379 g/mol. The Kier molecular flexibility index (Phi) is 5.63. The van der Waals surface area contributed by atoms with Crippen LogP contribution in [0.2, 0.25) is 0 Å². The van der Waals surface area contributed by atoms with Gasteiger partial charge < -0.3 is 19.3 Å². The van der Waals surface area contributed by atoms with Crippen LogP contribution in [0, 0.1) is 0 Å². The van der Waals surface area contributed by atoms with Gasteiger partial charge in [0.1, 0.15) is 5.75 Å². The number of carbonyl (C=O) groups is 1. The molecule has 0 spiro atoms. The van der Waals surface area contributed by atoms with E-state index in [1.807, 2.05) is 42.5 Å². The molecule has 1 aromatic heterocycles. The van der Waals surface area contributed by atoms with E-state index in [0.717, 1.165) is 30.6 Å². The first kappa shape index (κ1) is 18.2. The van der Waals surface area contributed by atoms with Crippen LogP contribution in [0.15, 0.2) is 59.1 Å². The van der Waals surface area contributed by atoms with E-state index in [0.29, 0.717) is 24.0 Å². The third kappa shape index (κ3) is 4.55. The van der Waals surface area contributed by atoms with Gasteiger partial charge in [-0.3, -0.25) is 4.79 Å². The number of hydrogen-bond donors (Lipinski definition) is 1. The van der Waals surface area contributed by atoms with Crippen molar-refractivity contribution in [2.75, 3.05) is 19.8 Å². The number of nitrogens with zero attached hydrogens (tertiary/aromatic N) is 2. The van der Waals surface area contributed by atoms with Gasteiger partial charge in [-0.2, -0.15) is 4.98 Å². The summed E-state index contributed by atoms with van der Waals surface area (Å²) in [6, 6.07) is 16.8. The molecule has 28 heavy (non-hydrogen) atoms. The van der Waals surface area contributed by atoms with E-state index in [2.05, 4.69) is 15.5 Å². The van der Waals surface area contributed by atoms with Gasteiger partial charge >= 0.3 is 0 Å². The lowest BCUT2D eigenvalue weighted by molar-refractivity contribution is -0.123. The molecule has 1 aliphatic heterocycles. The van der Waals surface area contributed by atoms with Gasteiger partial charge in [-0.25, -0.2) is 0 Å². The second-order valence-corrected chi connectivity index (χ2v) is 6.54. The molecule has 7 heteroatoms. The summed E-state index contributed by atoms with van der Waals surface area (Å²) < 4.78 is 16.4. The van der Waals surface area contributed by atoms with Crippen molar-refractivity contribution in [2.24, 2.45) is 0 Å². The normalized spacial score (nSPS) is 16.1. The highest BCUT2D eigenvalue weighted by atomic mass is 16.5. The molecule has 0 aliphatic carbocycles. The van der Waals surface area contributed by atoms with Crippen LogP contribution in [0.3, 0.4) is 0 Å². The number of rotatable bonds is 7. The summed E-state index contributed by atoms with van der Waals surface area (Å²) in [5.41, 5.74) is 1.68. The number of hydrogen-bond acceptors (Lipinski definition) is 6. The first-order valence-corrected chi connectivity index (χ1v) is 9.28. The molecule has 3 aromatic rings. The Morgan fingerprint density at radius 2 is 1.93 bits per heavy atom. The van der Waals surface area contributed by atoms with Gasteiger partial charge in [-0.15, -0.1) is 0 Å². The number of aromatic nitrogens is 2. The zero-order valence-electron chi connectivity index (χ0n) is 15.3. The molecule has 1 saturated heterocycles. The highest BCUT2D eigenvalue weighted by molar-refractivity contribution is 5.77. The second kappa shape index (κ2) is 8.67. The zero-order chi connectivity index (χ0) is 19.2. The summed E-state index contributed by atoms with van der Waals surface area (Å²) in [5.74, 6) is 1.40. The predicted octanol–water partition coefficient (Wildman–Crippen LogP) is 3.08. The SMILES string of the molecule is O=C(COc1ccc(-c2nc(-c3ccccc3)no2)cc1)NC[C@H]1CCCO1. The Hall–Kier alpha value is -3.19. The van der Waals surface area contributed by atoms with Crippen molar-refractivity contribution in [3.63, 3.8) is 0 Å². The van der Waals surface area contributed by atoms with Crippen molar-refractivity contribution < 1.29 is 18.8 Å². The van der Waals surface area contributed by atoms with Crippen molar-refractivity contribution in [2.45, 2.75) is 18.9 Å². The van der Waals surface area contributed by atoms with Gasteiger partial charge in [-0.1, -0.05) is 35.5 Å². The van der Waals surface area contributed by atoms with Crippen LogP contribution in [0.5, 0.6) is 5.75 Å². The van der Waals surface area contributed by atoms with Gasteiger partial charge in [0.05, 0.1) is 6.10 Å². The number of benzene rings is 2. The molecule has 1 atom stereocenters. The van der Waals surface area contributed by atoms with Crippen LogP contribution in [-0.2, 0) is 9.53 Å². The molecule has 1 N–H and O–H groups in total. The van der Waals surface area contributed by atoms with Crippen molar-refractivity contribution in [1.29, 1.82) is 0 Å². The lowest BCUT2D eigenvalue weighted by atomic mass is 10.2. The molecule has 2 aromatic carbocycles. The molecule has 1 amide bonds. The van der Waals surface area contributed by atoms with Gasteiger partial charge in [0, 0.05) is 24.3 Å². The Bertz CT molecular complexity index is 903. The Morgan fingerprint density at radius 1 is 1.11 bits per heavy atom. The molecule has 1 aliphatic rings. The van der Waals surface area contributed by atoms with E-state index in [-0.39, 0.29) is 18.6 Å². The quantitative estimate of drug-likeness (QED) is 0.679. The minimum Gasteiger partial charge on any atom is -0.484 e. The average Bonchev–Trinajstić information content (AvgIpc) is 3.44. The fraction of sp³-hybridized carbons (Fsp3) is 0.286. The van der Waals surface area contributed by atoms with Crippen molar-refractivity contribution in [1.82, 2.24) is 15.5 Å². The van der Waals surface area contributed by atoms with E-state index in [1.165, 1.54) is 0 Å². The van der Waals surface area contributed by atoms with Crippen LogP contribution in [0.25, 0.3) is 22.8 Å². The molecular formula is C21H21N3O4. The van der Waals surface area contributed by atoms with Crippen LogP contribution < -0.4 is 10.1 Å². The van der Waals surface area contributed by atoms with E-state index >= 15 is 0 Å². The maximum Gasteiger partial charge on any atom is 0.258 e.